The van der Waals surface area contributed by atoms with E-state index in [2.05, 4.69) is 16.0 Å². The minimum atomic E-state index is -3.83. The van der Waals surface area contributed by atoms with Crippen molar-refractivity contribution in [1.82, 2.24) is 14.2 Å². The Morgan fingerprint density at radius 2 is 2.09 bits per heavy atom. The number of benzene rings is 1. The van der Waals surface area contributed by atoms with E-state index in [0.717, 1.165) is 30.5 Å². The molecule has 7 nitrogen and oxygen atoms in total. The highest BCUT2D eigenvalue weighted by atomic mass is 32.2. The van der Waals surface area contributed by atoms with Crippen molar-refractivity contribution in [1.29, 1.82) is 0 Å². The lowest BCUT2D eigenvalue weighted by molar-refractivity contribution is 0.0730. The van der Waals surface area contributed by atoms with Crippen LogP contribution in [0.5, 0.6) is 5.75 Å². The number of allylic oxidation sites excluding steroid dienone is 2. The molecule has 3 atom stereocenters. The molecule has 0 radical (unpaired) electrons. The van der Waals surface area contributed by atoms with Crippen LogP contribution in [-0.4, -0.2) is 66.6 Å². The molecule has 190 valence electrons. The summed E-state index contributed by atoms with van der Waals surface area (Å²) < 4.78 is 35.3. The van der Waals surface area contributed by atoms with Crippen LogP contribution in [0.1, 0.15) is 50.8 Å². The van der Waals surface area contributed by atoms with Gasteiger partial charge < -0.3 is 9.84 Å². The maximum absolute atomic E-state index is 13.7. The summed E-state index contributed by atoms with van der Waals surface area (Å²) in [5.74, 6) is 0.308. The van der Waals surface area contributed by atoms with Crippen LogP contribution in [0, 0.1) is 5.92 Å². The Labute approximate surface area is 209 Å². The summed E-state index contributed by atoms with van der Waals surface area (Å²) in [4.78, 5) is 6.75. The Morgan fingerprint density at radius 1 is 1.26 bits per heavy atom. The normalized spacial score (nSPS) is 23.5. The van der Waals surface area contributed by atoms with E-state index in [0.29, 0.717) is 18.8 Å². The molecule has 8 heteroatoms. The molecule has 0 fully saturated rings. The molecule has 1 aromatic carbocycles. The average molecular weight is 500 g/mol. The number of aromatic nitrogens is 1. The third kappa shape index (κ3) is 5.94. The zero-order valence-electron chi connectivity index (χ0n) is 20.9. The molecule has 1 aliphatic carbocycles. The van der Waals surface area contributed by atoms with Crippen LogP contribution >= 0.6 is 0 Å². The molecule has 1 aliphatic heterocycles. The molecule has 0 saturated carbocycles. The number of pyridine rings is 1. The number of likely N-dealkylation sites (N-methyl/N-ethyl adjacent to an activating group) is 1. The minimum absolute atomic E-state index is 0.0874. The largest absolute Gasteiger partial charge is 0.487 e. The predicted molar refractivity (Wildman–Crippen MR) is 137 cm³/mol. The van der Waals surface area contributed by atoms with Gasteiger partial charge in [0.1, 0.15) is 16.7 Å². The fourth-order valence-electron chi connectivity index (χ4n) is 4.88. The number of nitrogens with zero attached hydrogens (tertiary/aromatic N) is 3. The van der Waals surface area contributed by atoms with Gasteiger partial charge in [0.15, 0.2) is 0 Å². The highest BCUT2D eigenvalue weighted by Crippen LogP contribution is 2.37. The highest BCUT2D eigenvalue weighted by molar-refractivity contribution is 7.89. The predicted octanol–water partition coefficient (Wildman–Crippen LogP) is 3.94. The zero-order chi connectivity index (χ0) is 25.0. The van der Waals surface area contributed by atoms with Gasteiger partial charge in [0, 0.05) is 37.8 Å². The van der Waals surface area contributed by atoms with E-state index in [1.54, 1.807) is 19.2 Å². The Hall–Kier alpha value is -2.26. The first-order valence-corrected chi connectivity index (χ1v) is 13.9. The minimum Gasteiger partial charge on any atom is -0.487 e. The molecule has 0 unspecified atom stereocenters. The molecule has 35 heavy (non-hydrogen) atoms. The van der Waals surface area contributed by atoms with Gasteiger partial charge in [0.25, 0.3) is 0 Å². The number of aliphatic hydroxyl groups is 1. The first-order chi connectivity index (χ1) is 16.8. The van der Waals surface area contributed by atoms with Crippen LogP contribution in [0.15, 0.2) is 53.6 Å². The lowest BCUT2D eigenvalue weighted by atomic mass is 9.93. The van der Waals surface area contributed by atoms with Crippen LogP contribution in [-0.2, 0) is 16.6 Å². The Balaban J connectivity index is 1.69. The summed E-state index contributed by atoms with van der Waals surface area (Å²) in [6, 6.07) is 10.8. The molecular formula is C27H37N3O4S. The van der Waals surface area contributed by atoms with E-state index in [1.807, 2.05) is 44.3 Å². The van der Waals surface area contributed by atoms with Crippen molar-refractivity contribution in [2.45, 2.75) is 63.1 Å². The molecule has 1 N–H and O–H groups in total. The zero-order valence-corrected chi connectivity index (χ0v) is 21.7. The number of hydrogen-bond acceptors (Lipinski definition) is 6. The molecule has 1 aromatic heterocycles. The number of ether oxygens (including phenoxy) is 1. The highest BCUT2D eigenvalue weighted by Gasteiger charge is 2.38. The molecule has 2 heterocycles. The van der Waals surface area contributed by atoms with Gasteiger partial charge in [-0.25, -0.2) is 8.42 Å². The van der Waals surface area contributed by atoms with Gasteiger partial charge >= 0.3 is 0 Å². The molecular weight excluding hydrogens is 462 g/mol. The van der Waals surface area contributed by atoms with Gasteiger partial charge in [-0.2, -0.15) is 4.31 Å². The number of sulfonamides is 1. The van der Waals surface area contributed by atoms with Crippen molar-refractivity contribution in [2.24, 2.45) is 5.92 Å². The van der Waals surface area contributed by atoms with E-state index in [9.17, 15) is 13.5 Å². The van der Waals surface area contributed by atoms with Gasteiger partial charge in [-0.1, -0.05) is 25.1 Å². The first kappa shape index (κ1) is 25.8. The van der Waals surface area contributed by atoms with E-state index in [-0.39, 0.29) is 30.1 Å². The maximum atomic E-state index is 13.7. The summed E-state index contributed by atoms with van der Waals surface area (Å²) in [5.41, 5.74) is 3.24. The lowest BCUT2D eigenvalue weighted by Gasteiger charge is -2.37. The topological polar surface area (TPSA) is 83.0 Å². The quantitative estimate of drug-likeness (QED) is 0.621. The SMILES string of the molecule is C[C@@H]1CN([C@H](C)CO)S(=O)(=O)c2ccc(C3=CCCCC3)cc2O[C@H]1CN(C)Cc1ccccn1. The number of fused-ring (bicyclic) bond motifs is 1. The van der Waals surface area contributed by atoms with E-state index in [4.69, 9.17) is 4.74 Å². The third-order valence-corrected chi connectivity index (χ3v) is 9.00. The monoisotopic (exact) mass is 499 g/mol. The molecule has 0 bridgehead atoms. The second kappa shape index (κ2) is 11.2. The summed E-state index contributed by atoms with van der Waals surface area (Å²) >= 11 is 0. The Kier molecular flexibility index (Phi) is 8.27. The van der Waals surface area contributed by atoms with Gasteiger partial charge in [0.2, 0.25) is 10.0 Å². The lowest BCUT2D eigenvalue weighted by Crippen LogP contribution is -2.49. The van der Waals surface area contributed by atoms with E-state index in [1.165, 1.54) is 16.3 Å². The number of hydrogen-bond donors (Lipinski definition) is 1. The fraction of sp³-hybridized carbons (Fsp3) is 0.519. The van der Waals surface area contributed by atoms with Crippen LogP contribution in [0.25, 0.3) is 5.57 Å². The van der Waals surface area contributed by atoms with Crippen molar-refractivity contribution in [3.63, 3.8) is 0 Å². The van der Waals surface area contributed by atoms with E-state index >= 15 is 0 Å². The van der Waals surface area contributed by atoms with Crippen molar-refractivity contribution in [2.75, 3.05) is 26.7 Å². The third-order valence-electron chi connectivity index (χ3n) is 6.98. The number of rotatable bonds is 7. The molecule has 4 rings (SSSR count). The summed E-state index contributed by atoms with van der Waals surface area (Å²) in [5, 5.41) is 9.85. The second-order valence-electron chi connectivity index (χ2n) is 9.89. The first-order valence-electron chi connectivity index (χ1n) is 12.5. The molecule has 0 spiro atoms. The van der Waals surface area contributed by atoms with Crippen LogP contribution in [0.3, 0.4) is 0 Å². The fourth-order valence-corrected chi connectivity index (χ4v) is 6.71. The Morgan fingerprint density at radius 3 is 2.77 bits per heavy atom. The van der Waals surface area contributed by atoms with Crippen LogP contribution in [0.2, 0.25) is 0 Å². The van der Waals surface area contributed by atoms with Gasteiger partial charge in [-0.05, 0) is 75.1 Å². The van der Waals surface area contributed by atoms with Crippen molar-refractivity contribution < 1.29 is 18.3 Å². The smallest absolute Gasteiger partial charge is 0.247 e. The van der Waals surface area contributed by atoms with Crippen molar-refractivity contribution in [3.8, 4) is 5.75 Å². The van der Waals surface area contributed by atoms with Gasteiger partial charge in [-0.15, -0.1) is 0 Å². The van der Waals surface area contributed by atoms with E-state index < -0.39 is 16.1 Å². The maximum Gasteiger partial charge on any atom is 0.247 e. The number of aliphatic hydroxyl groups excluding tert-OH is 1. The summed E-state index contributed by atoms with van der Waals surface area (Å²) in [7, 11) is -1.80. The van der Waals surface area contributed by atoms with Crippen LogP contribution < -0.4 is 4.74 Å². The van der Waals surface area contributed by atoms with Crippen molar-refractivity contribution >= 4 is 15.6 Å². The second-order valence-corrected chi connectivity index (χ2v) is 11.8. The summed E-state index contributed by atoms with van der Waals surface area (Å²) in [6.07, 6.45) is 8.18. The standard InChI is InChI=1S/C27H37N3O4S/c1-20-16-30(21(2)19-31)35(32,33)27-13-12-23(22-9-5-4-6-10-22)15-25(27)34-26(20)18-29(3)17-24-11-7-8-14-28-24/h7-9,11-15,20-21,26,31H,4-6,10,16-19H2,1-3H3/t20-,21-,26+/m1/s1. The molecule has 2 aliphatic rings. The van der Waals surface area contributed by atoms with Gasteiger partial charge in [0.05, 0.1) is 12.3 Å². The molecule has 2 aromatic rings. The van der Waals surface area contributed by atoms with Crippen LogP contribution in [0.4, 0.5) is 0 Å². The molecule has 0 saturated heterocycles. The molecule has 0 amide bonds. The van der Waals surface area contributed by atoms with Gasteiger partial charge in [-0.3, -0.25) is 9.88 Å². The Bertz CT molecular complexity index is 1140. The van der Waals surface area contributed by atoms with Crippen molar-refractivity contribution in [3.05, 3.63) is 59.9 Å². The average Bonchev–Trinajstić information content (AvgIpc) is 2.86. The summed E-state index contributed by atoms with van der Waals surface area (Å²) in [6.45, 7) is 5.09.